The first kappa shape index (κ1) is 14.3. The van der Waals surface area contributed by atoms with Gasteiger partial charge < -0.3 is 10.5 Å². The molecule has 2 unspecified atom stereocenters. The topological polar surface area (TPSA) is 59.0 Å². The Kier molecular flexibility index (Phi) is 6.02. The molecule has 2 atom stereocenters. The number of nitrogens with zero attached hydrogens (tertiary/aromatic N) is 1. The minimum absolute atomic E-state index is 0.122. The lowest BCUT2D eigenvalue weighted by atomic mass is 10.1. The van der Waals surface area contributed by atoms with E-state index in [9.17, 15) is 0 Å². The summed E-state index contributed by atoms with van der Waals surface area (Å²) in [6.07, 6.45) is 1.66. The lowest BCUT2D eigenvalue weighted by Gasteiger charge is -2.13. The SMILES string of the molecule is C=C[SiH](CCC(C)C#N)COc1ccc(N)cc1. The van der Waals surface area contributed by atoms with Crippen molar-refractivity contribution in [2.75, 3.05) is 12.0 Å². The van der Waals surface area contributed by atoms with Gasteiger partial charge in [0.25, 0.3) is 0 Å². The molecule has 0 aliphatic carbocycles. The molecule has 3 nitrogen and oxygen atoms in total. The number of ether oxygens (including phenoxy) is 1. The molecule has 0 saturated heterocycles. The van der Waals surface area contributed by atoms with Crippen molar-refractivity contribution in [1.82, 2.24) is 0 Å². The van der Waals surface area contributed by atoms with Gasteiger partial charge in [-0.05, 0) is 37.6 Å². The first-order chi connectivity index (χ1) is 8.65. The van der Waals surface area contributed by atoms with Gasteiger partial charge in [-0.2, -0.15) is 5.26 Å². The van der Waals surface area contributed by atoms with E-state index < -0.39 is 8.80 Å². The van der Waals surface area contributed by atoms with Crippen LogP contribution in [0, 0.1) is 17.2 Å². The first-order valence-corrected chi connectivity index (χ1v) is 8.46. The second-order valence-corrected chi connectivity index (χ2v) is 7.39. The monoisotopic (exact) mass is 260 g/mol. The molecule has 0 aliphatic heterocycles. The number of nitriles is 1. The first-order valence-electron chi connectivity index (χ1n) is 6.16. The molecule has 0 amide bonds. The van der Waals surface area contributed by atoms with Crippen LogP contribution in [0.25, 0.3) is 0 Å². The van der Waals surface area contributed by atoms with Gasteiger partial charge in [-0.25, -0.2) is 0 Å². The Morgan fingerprint density at radius 2 is 2.17 bits per heavy atom. The average Bonchev–Trinajstić information content (AvgIpc) is 2.40. The zero-order valence-corrected chi connectivity index (χ0v) is 12.0. The Balaban J connectivity index is 2.37. The van der Waals surface area contributed by atoms with Gasteiger partial charge in [0.2, 0.25) is 0 Å². The maximum atomic E-state index is 8.75. The molecule has 18 heavy (non-hydrogen) atoms. The van der Waals surface area contributed by atoms with Crippen LogP contribution in [0.2, 0.25) is 6.04 Å². The van der Waals surface area contributed by atoms with E-state index in [1.54, 1.807) is 0 Å². The van der Waals surface area contributed by atoms with Crippen molar-refractivity contribution in [2.24, 2.45) is 5.92 Å². The number of nitrogens with two attached hydrogens (primary N) is 1. The van der Waals surface area contributed by atoms with E-state index in [-0.39, 0.29) is 5.92 Å². The van der Waals surface area contributed by atoms with Crippen LogP contribution in [0.15, 0.2) is 36.5 Å². The van der Waals surface area contributed by atoms with Crippen LogP contribution in [0.3, 0.4) is 0 Å². The van der Waals surface area contributed by atoms with Crippen molar-refractivity contribution in [1.29, 1.82) is 5.26 Å². The van der Waals surface area contributed by atoms with Crippen LogP contribution in [0.4, 0.5) is 5.69 Å². The molecule has 2 N–H and O–H groups in total. The van der Waals surface area contributed by atoms with Gasteiger partial charge in [0.1, 0.15) is 14.5 Å². The molecule has 0 spiro atoms. The molecule has 0 radical (unpaired) electrons. The quantitative estimate of drug-likeness (QED) is 0.605. The van der Waals surface area contributed by atoms with E-state index in [2.05, 4.69) is 12.6 Å². The fourth-order valence-electron chi connectivity index (χ4n) is 1.57. The summed E-state index contributed by atoms with van der Waals surface area (Å²) in [6.45, 7) is 5.82. The van der Waals surface area contributed by atoms with E-state index in [1.807, 2.05) is 36.9 Å². The third kappa shape index (κ3) is 5.06. The molecule has 0 aliphatic rings. The summed E-state index contributed by atoms with van der Waals surface area (Å²) in [4.78, 5) is 0. The van der Waals surface area contributed by atoms with Gasteiger partial charge in [-0.1, -0.05) is 6.04 Å². The second-order valence-electron chi connectivity index (χ2n) is 4.48. The fraction of sp³-hybridized carbons (Fsp3) is 0.357. The highest BCUT2D eigenvalue weighted by Gasteiger charge is 2.10. The maximum absolute atomic E-state index is 8.75. The van der Waals surface area contributed by atoms with E-state index in [0.717, 1.165) is 30.1 Å². The molecule has 0 aromatic heterocycles. The predicted octanol–water partition coefficient (Wildman–Crippen LogP) is 2.69. The zero-order chi connectivity index (χ0) is 13.4. The molecule has 1 rings (SSSR count). The van der Waals surface area contributed by atoms with Gasteiger partial charge in [0.15, 0.2) is 0 Å². The minimum Gasteiger partial charge on any atom is -0.497 e. The van der Waals surface area contributed by atoms with Crippen molar-refractivity contribution in [3.8, 4) is 11.8 Å². The summed E-state index contributed by atoms with van der Waals surface area (Å²) >= 11 is 0. The highest BCUT2D eigenvalue weighted by Crippen LogP contribution is 2.14. The van der Waals surface area contributed by atoms with Gasteiger partial charge in [0, 0.05) is 11.6 Å². The van der Waals surface area contributed by atoms with Crippen molar-refractivity contribution in [3.63, 3.8) is 0 Å². The number of rotatable bonds is 7. The van der Waals surface area contributed by atoms with Crippen LogP contribution >= 0.6 is 0 Å². The second kappa shape index (κ2) is 7.57. The molecule has 0 bridgehead atoms. The molecule has 0 saturated carbocycles. The molecule has 96 valence electrons. The van der Waals surface area contributed by atoms with Crippen molar-refractivity contribution in [3.05, 3.63) is 36.5 Å². The molecule has 1 aromatic rings. The predicted molar refractivity (Wildman–Crippen MR) is 77.9 cm³/mol. The number of anilines is 1. The Bertz CT molecular complexity index is 411. The average molecular weight is 260 g/mol. The van der Waals surface area contributed by atoms with Crippen LogP contribution in [0.1, 0.15) is 13.3 Å². The summed E-state index contributed by atoms with van der Waals surface area (Å²) in [5.74, 6) is 0.966. The molecule has 4 heteroatoms. The summed E-state index contributed by atoms with van der Waals surface area (Å²) in [5, 5.41) is 8.75. The van der Waals surface area contributed by atoms with Gasteiger partial charge in [-0.3, -0.25) is 0 Å². The number of hydrogen-bond acceptors (Lipinski definition) is 3. The lowest BCUT2D eigenvalue weighted by molar-refractivity contribution is 0.381. The minimum atomic E-state index is -1.11. The molecule has 0 fully saturated rings. The zero-order valence-electron chi connectivity index (χ0n) is 10.8. The van der Waals surface area contributed by atoms with Crippen molar-refractivity contribution < 1.29 is 4.74 Å². The van der Waals surface area contributed by atoms with E-state index in [1.165, 1.54) is 0 Å². The number of nitrogen functional groups attached to an aromatic ring is 1. The van der Waals surface area contributed by atoms with Crippen LogP contribution in [-0.4, -0.2) is 15.0 Å². The normalized spacial score (nSPS) is 13.3. The molecule has 0 heterocycles. The van der Waals surface area contributed by atoms with Gasteiger partial charge >= 0.3 is 0 Å². The van der Waals surface area contributed by atoms with Crippen molar-refractivity contribution >= 4 is 14.5 Å². The summed E-state index contributed by atoms with van der Waals surface area (Å²) in [5.41, 5.74) is 8.38. The molecular weight excluding hydrogens is 240 g/mol. The highest BCUT2D eigenvalue weighted by atomic mass is 28.3. The van der Waals surface area contributed by atoms with Crippen LogP contribution in [-0.2, 0) is 0 Å². The highest BCUT2D eigenvalue weighted by molar-refractivity contribution is 6.64. The Labute approximate surface area is 110 Å². The van der Waals surface area contributed by atoms with Crippen molar-refractivity contribution in [2.45, 2.75) is 19.4 Å². The maximum Gasteiger partial charge on any atom is 0.118 e. The molecular formula is C14H20N2OSi. The Morgan fingerprint density at radius 3 is 2.72 bits per heavy atom. The Morgan fingerprint density at radius 1 is 1.50 bits per heavy atom. The summed E-state index contributed by atoms with van der Waals surface area (Å²) < 4.78 is 5.73. The summed E-state index contributed by atoms with van der Waals surface area (Å²) in [6, 6.07) is 10.7. The van der Waals surface area contributed by atoms with E-state index in [4.69, 9.17) is 15.7 Å². The third-order valence-electron chi connectivity index (χ3n) is 2.87. The van der Waals surface area contributed by atoms with Crippen LogP contribution in [0.5, 0.6) is 5.75 Å². The Hall–Kier alpha value is -1.73. The lowest BCUT2D eigenvalue weighted by Crippen LogP contribution is -2.21. The fourth-order valence-corrected chi connectivity index (χ4v) is 3.44. The van der Waals surface area contributed by atoms with Gasteiger partial charge in [-0.15, -0.1) is 12.3 Å². The standard InChI is InChI=1S/C14H20N2OSi/c1-3-18(9-8-12(2)10-15)11-17-14-6-4-13(16)5-7-14/h3-7,12,18H,1,8-9,11,16H2,2H3. The molecule has 1 aromatic carbocycles. The third-order valence-corrected chi connectivity index (χ3v) is 5.20. The summed E-state index contributed by atoms with van der Waals surface area (Å²) in [7, 11) is -1.11. The van der Waals surface area contributed by atoms with Gasteiger partial charge in [0.05, 0.1) is 12.3 Å². The van der Waals surface area contributed by atoms with E-state index in [0.29, 0.717) is 0 Å². The largest absolute Gasteiger partial charge is 0.497 e. The van der Waals surface area contributed by atoms with Crippen LogP contribution < -0.4 is 10.5 Å². The smallest absolute Gasteiger partial charge is 0.118 e. The number of benzene rings is 1. The van der Waals surface area contributed by atoms with E-state index >= 15 is 0 Å². The number of hydrogen-bond donors (Lipinski definition) is 1.